The monoisotopic (exact) mass is 311 g/mol. The molecule has 0 unspecified atom stereocenters. The molecular weight excluding hydrogens is 294 g/mol. The summed E-state index contributed by atoms with van der Waals surface area (Å²) < 4.78 is 26.1. The summed E-state index contributed by atoms with van der Waals surface area (Å²) in [5.74, 6) is 0. The molecule has 0 N–H and O–H groups in total. The summed E-state index contributed by atoms with van der Waals surface area (Å²) in [5, 5.41) is 19.8. The Bertz CT molecular complexity index is 705. The zero-order chi connectivity index (χ0) is 16.4. The van der Waals surface area contributed by atoms with Crippen molar-refractivity contribution in [3.8, 4) is 6.07 Å². The molecule has 0 amide bonds. The number of nitro benzene ring substituents is 1. The van der Waals surface area contributed by atoms with Crippen LogP contribution in [0.5, 0.6) is 0 Å². The van der Waals surface area contributed by atoms with E-state index in [4.69, 9.17) is 5.26 Å². The summed E-state index contributed by atoms with van der Waals surface area (Å²) in [4.78, 5) is 10.3. The van der Waals surface area contributed by atoms with Crippen molar-refractivity contribution in [3.63, 3.8) is 0 Å². The molecule has 0 atom stereocenters. The Hall–Kier alpha value is -1.98. The summed E-state index contributed by atoms with van der Waals surface area (Å²) in [7, 11) is -3.95. The molecule has 1 aromatic rings. The lowest BCUT2D eigenvalue weighted by atomic mass is 10.1. The second-order valence-electron chi connectivity index (χ2n) is 4.94. The summed E-state index contributed by atoms with van der Waals surface area (Å²) in [6, 6.07) is 3.82. The maximum atomic E-state index is 12.6. The number of nitro groups is 1. The fraction of sp³-hybridized carbons (Fsp3) is 0.462. The second-order valence-corrected chi connectivity index (χ2v) is 6.83. The van der Waals surface area contributed by atoms with E-state index in [0.29, 0.717) is 11.1 Å². The Labute approximate surface area is 124 Å². The molecule has 21 heavy (non-hydrogen) atoms. The van der Waals surface area contributed by atoms with Crippen LogP contribution in [0.4, 0.5) is 5.69 Å². The van der Waals surface area contributed by atoms with E-state index >= 15 is 0 Å². The molecule has 0 radical (unpaired) electrons. The van der Waals surface area contributed by atoms with Crippen LogP contribution in [0.3, 0.4) is 0 Å². The molecule has 0 aliphatic carbocycles. The highest BCUT2D eigenvalue weighted by atomic mass is 32.2. The van der Waals surface area contributed by atoms with E-state index in [9.17, 15) is 18.5 Å². The number of rotatable bonds is 5. The van der Waals surface area contributed by atoms with Gasteiger partial charge in [-0.1, -0.05) is 0 Å². The van der Waals surface area contributed by atoms with Crippen molar-refractivity contribution in [1.29, 1.82) is 5.26 Å². The average Bonchev–Trinajstić information content (AvgIpc) is 2.37. The number of sulfonamides is 1. The first-order valence-corrected chi connectivity index (χ1v) is 7.71. The van der Waals surface area contributed by atoms with E-state index in [1.165, 1.54) is 6.07 Å². The quantitative estimate of drug-likeness (QED) is 0.470. The van der Waals surface area contributed by atoms with Gasteiger partial charge in [-0.2, -0.15) is 9.57 Å². The molecule has 0 aromatic heterocycles. The first-order valence-electron chi connectivity index (χ1n) is 6.27. The van der Waals surface area contributed by atoms with Gasteiger partial charge in [-0.3, -0.25) is 10.1 Å². The van der Waals surface area contributed by atoms with Gasteiger partial charge in [-0.15, -0.1) is 0 Å². The van der Waals surface area contributed by atoms with Gasteiger partial charge in [0.1, 0.15) is 6.54 Å². The van der Waals surface area contributed by atoms with E-state index in [2.05, 4.69) is 0 Å². The van der Waals surface area contributed by atoms with E-state index in [1.54, 1.807) is 33.8 Å². The number of hydrogen-bond acceptors (Lipinski definition) is 5. The van der Waals surface area contributed by atoms with Gasteiger partial charge < -0.3 is 0 Å². The normalized spacial score (nSPS) is 11.7. The molecule has 114 valence electrons. The zero-order valence-corrected chi connectivity index (χ0v) is 13.1. The van der Waals surface area contributed by atoms with Crippen molar-refractivity contribution < 1.29 is 13.3 Å². The van der Waals surface area contributed by atoms with Crippen LogP contribution in [0.1, 0.15) is 25.0 Å². The van der Waals surface area contributed by atoms with Gasteiger partial charge in [0.25, 0.3) is 5.69 Å². The standard InChI is InChI=1S/C13H17N3O4S/c1-9(2)15(6-5-14)21(19,20)12-7-10(3)11(4)13(8-12)16(17)18/h7-9H,6H2,1-4H3. The Morgan fingerprint density at radius 1 is 1.38 bits per heavy atom. The number of nitriles is 1. The lowest BCUT2D eigenvalue weighted by Gasteiger charge is -2.23. The summed E-state index contributed by atoms with van der Waals surface area (Å²) in [6.07, 6.45) is 0. The molecule has 8 heteroatoms. The highest BCUT2D eigenvalue weighted by molar-refractivity contribution is 7.89. The first-order chi connectivity index (χ1) is 9.62. The largest absolute Gasteiger partial charge is 0.273 e. The Balaban J connectivity index is 3.52. The fourth-order valence-electron chi connectivity index (χ4n) is 1.90. The molecule has 1 rings (SSSR count). The van der Waals surface area contributed by atoms with Gasteiger partial charge in [-0.05, 0) is 39.3 Å². The first kappa shape index (κ1) is 17.1. The van der Waals surface area contributed by atoms with Crippen molar-refractivity contribution in [2.24, 2.45) is 0 Å². The summed E-state index contributed by atoms with van der Waals surface area (Å²) in [6.45, 7) is 6.17. The Kier molecular flexibility index (Phi) is 5.04. The smallest absolute Gasteiger partial charge is 0.258 e. The van der Waals surface area contributed by atoms with Gasteiger partial charge in [0, 0.05) is 17.7 Å². The van der Waals surface area contributed by atoms with E-state index in [1.807, 2.05) is 0 Å². The second kappa shape index (κ2) is 6.20. The van der Waals surface area contributed by atoms with Gasteiger partial charge in [0.15, 0.2) is 0 Å². The van der Waals surface area contributed by atoms with Gasteiger partial charge in [0.2, 0.25) is 10.0 Å². The third-order valence-electron chi connectivity index (χ3n) is 3.22. The summed E-state index contributed by atoms with van der Waals surface area (Å²) >= 11 is 0. The number of aryl methyl sites for hydroxylation is 1. The molecule has 0 bridgehead atoms. The van der Waals surface area contributed by atoms with Crippen LogP contribution in [0.15, 0.2) is 17.0 Å². The molecule has 0 spiro atoms. The SMILES string of the molecule is Cc1cc(S(=O)(=O)N(CC#N)C(C)C)cc([N+](=O)[O-])c1C. The van der Waals surface area contributed by atoms with Crippen molar-refractivity contribution >= 4 is 15.7 Å². The van der Waals surface area contributed by atoms with Crippen molar-refractivity contribution in [1.82, 2.24) is 4.31 Å². The van der Waals surface area contributed by atoms with Crippen LogP contribution in [-0.2, 0) is 10.0 Å². The van der Waals surface area contributed by atoms with Crippen LogP contribution in [0, 0.1) is 35.3 Å². The Morgan fingerprint density at radius 2 is 1.95 bits per heavy atom. The maximum absolute atomic E-state index is 12.6. The van der Waals surface area contributed by atoms with Crippen LogP contribution < -0.4 is 0 Å². The molecule has 0 saturated carbocycles. The molecule has 0 aliphatic heterocycles. The minimum absolute atomic E-state index is 0.166. The van der Waals surface area contributed by atoms with E-state index in [0.717, 1.165) is 10.4 Å². The highest BCUT2D eigenvalue weighted by Crippen LogP contribution is 2.28. The summed E-state index contributed by atoms with van der Waals surface area (Å²) in [5.41, 5.74) is 0.702. The van der Waals surface area contributed by atoms with Crippen molar-refractivity contribution in [2.75, 3.05) is 6.54 Å². The van der Waals surface area contributed by atoms with E-state index < -0.39 is 21.0 Å². The zero-order valence-electron chi connectivity index (χ0n) is 12.3. The topological polar surface area (TPSA) is 104 Å². The lowest BCUT2D eigenvalue weighted by Crippen LogP contribution is -2.37. The number of nitrogens with zero attached hydrogens (tertiary/aromatic N) is 3. The van der Waals surface area contributed by atoms with Gasteiger partial charge in [0.05, 0.1) is 15.9 Å². The van der Waals surface area contributed by atoms with Crippen LogP contribution in [0.2, 0.25) is 0 Å². The molecule has 0 aliphatic rings. The van der Waals surface area contributed by atoms with Crippen molar-refractivity contribution in [3.05, 3.63) is 33.4 Å². The van der Waals surface area contributed by atoms with Gasteiger partial charge in [-0.25, -0.2) is 8.42 Å². The highest BCUT2D eigenvalue weighted by Gasteiger charge is 2.29. The third kappa shape index (κ3) is 3.37. The molecule has 7 nitrogen and oxygen atoms in total. The molecule has 0 saturated heterocycles. The predicted molar refractivity (Wildman–Crippen MR) is 77.2 cm³/mol. The lowest BCUT2D eigenvalue weighted by molar-refractivity contribution is -0.385. The predicted octanol–water partition coefficient (Wildman–Crippen LogP) is 2.13. The minimum Gasteiger partial charge on any atom is -0.258 e. The van der Waals surface area contributed by atoms with E-state index in [-0.39, 0.29) is 17.1 Å². The fourth-order valence-corrected chi connectivity index (χ4v) is 3.54. The molecule has 0 fully saturated rings. The average molecular weight is 311 g/mol. The van der Waals surface area contributed by atoms with Crippen LogP contribution in [0.25, 0.3) is 0 Å². The minimum atomic E-state index is -3.95. The molecular formula is C13H17N3O4S. The van der Waals surface area contributed by atoms with Crippen LogP contribution in [-0.4, -0.2) is 30.2 Å². The third-order valence-corrected chi connectivity index (χ3v) is 5.22. The molecule has 0 heterocycles. The number of hydrogen-bond donors (Lipinski definition) is 0. The Morgan fingerprint density at radius 3 is 2.38 bits per heavy atom. The van der Waals surface area contributed by atoms with Gasteiger partial charge >= 0.3 is 0 Å². The maximum Gasteiger partial charge on any atom is 0.273 e. The number of benzene rings is 1. The molecule has 1 aromatic carbocycles. The van der Waals surface area contributed by atoms with Crippen molar-refractivity contribution in [2.45, 2.75) is 38.6 Å². The van der Waals surface area contributed by atoms with Crippen LogP contribution >= 0.6 is 0 Å².